The molecule has 0 radical (unpaired) electrons. The minimum Gasteiger partial charge on any atom is -0.492 e. The van der Waals surface area contributed by atoms with Crippen LogP contribution in [-0.4, -0.2) is 67.9 Å². The van der Waals surface area contributed by atoms with E-state index in [1.54, 1.807) is 31.3 Å². The Morgan fingerprint density at radius 1 is 1.00 bits per heavy atom. The number of hydrogen-bond donors (Lipinski definition) is 1. The van der Waals surface area contributed by atoms with E-state index in [1.165, 1.54) is 4.90 Å². The highest BCUT2D eigenvalue weighted by molar-refractivity contribution is 6.21. The second-order valence-corrected chi connectivity index (χ2v) is 7.07. The summed E-state index contributed by atoms with van der Waals surface area (Å²) >= 11 is 0. The van der Waals surface area contributed by atoms with Crippen molar-refractivity contribution < 1.29 is 14.3 Å². The maximum absolute atomic E-state index is 12.4. The van der Waals surface area contributed by atoms with Crippen LogP contribution in [0.5, 0.6) is 5.75 Å². The third-order valence-corrected chi connectivity index (χ3v) is 4.98. The molecule has 158 valence electrons. The number of ether oxygens (including phenoxy) is 1. The highest BCUT2D eigenvalue weighted by Gasteiger charge is 2.34. The number of amides is 2. The fourth-order valence-electron chi connectivity index (χ4n) is 3.35. The van der Waals surface area contributed by atoms with E-state index in [9.17, 15) is 9.59 Å². The summed E-state index contributed by atoms with van der Waals surface area (Å²) in [6.07, 6.45) is 1.55. The quantitative estimate of drug-likeness (QED) is 0.299. The molecule has 2 aromatic rings. The van der Waals surface area contributed by atoms with E-state index in [2.05, 4.69) is 10.3 Å². The summed E-state index contributed by atoms with van der Waals surface area (Å²) in [5.41, 5.74) is 1.00. The molecule has 0 spiro atoms. The lowest BCUT2D eigenvalue weighted by Crippen LogP contribution is -2.41. The number of nitrogens with zero attached hydrogens (tertiary/aromatic N) is 3. The first-order valence-electron chi connectivity index (χ1n) is 10.2. The number of hydrogen-bond acceptors (Lipinski definition) is 4. The van der Waals surface area contributed by atoms with Crippen molar-refractivity contribution in [3.63, 3.8) is 0 Å². The van der Waals surface area contributed by atoms with Crippen molar-refractivity contribution in [1.29, 1.82) is 0 Å². The molecule has 0 unspecified atom stereocenters. The first-order chi connectivity index (χ1) is 14.6. The van der Waals surface area contributed by atoms with E-state index in [-0.39, 0.29) is 11.8 Å². The summed E-state index contributed by atoms with van der Waals surface area (Å²) in [5, 5.41) is 3.31. The normalized spacial score (nSPS) is 13.4. The van der Waals surface area contributed by atoms with Gasteiger partial charge in [-0.25, -0.2) is 0 Å². The van der Waals surface area contributed by atoms with Gasteiger partial charge in [-0.05, 0) is 37.1 Å². The van der Waals surface area contributed by atoms with E-state index in [1.807, 2.05) is 42.3 Å². The van der Waals surface area contributed by atoms with Gasteiger partial charge in [0, 0.05) is 27.2 Å². The number of carbonyl (C=O) groups is 2. The number of benzene rings is 2. The van der Waals surface area contributed by atoms with Gasteiger partial charge in [-0.15, -0.1) is 0 Å². The maximum Gasteiger partial charge on any atom is 0.261 e. The standard InChI is InChI=1S/C23H28N4O3/c1-24-23(26(2)16-17-30-18-10-4-3-5-11-18)25-14-8-9-15-27-21(28)19-12-6-7-13-20(19)22(27)29/h3-7,10-13H,8-9,14-17H2,1-2H3,(H,24,25). The van der Waals surface area contributed by atoms with Crippen LogP contribution < -0.4 is 10.1 Å². The van der Waals surface area contributed by atoms with Gasteiger partial charge in [0.25, 0.3) is 11.8 Å². The van der Waals surface area contributed by atoms with Crippen molar-refractivity contribution in [1.82, 2.24) is 15.1 Å². The zero-order valence-electron chi connectivity index (χ0n) is 17.5. The number of likely N-dealkylation sites (N-methyl/N-ethyl adjacent to an activating group) is 1. The van der Waals surface area contributed by atoms with Crippen LogP contribution in [0.4, 0.5) is 0 Å². The Hall–Kier alpha value is -3.35. The van der Waals surface area contributed by atoms with Crippen molar-refractivity contribution >= 4 is 17.8 Å². The number of imide groups is 1. The van der Waals surface area contributed by atoms with Crippen molar-refractivity contribution in [2.45, 2.75) is 12.8 Å². The Kier molecular flexibility index (Phi) is 7.43. The predicted octanol–water partition coefficient (Wildman–Crippen LogP) is 2.65. The second kappa shape index (κ2) is 10.4. The highest BCUT2D eigenvalue weighted by atomic mass is 16.5. The van der Waals surface area contributed by atoms with Crippen LogP contribution in [0.15, 0.2) is 59.6 Å². The Bertz CT molecular complexity index is 863. The summed E-state index contributed by atoms with van der Waals surface area (Å²) in [6.45, 7) is 2.39. The van der Waals surface area contributed by atoms with Gasteiger partial charge in [0.2, 0.25) is 0 Å². The monoisotopic (exact) mass is 408 g/mol. The van der Waals surface area contributed by atoms with Crippen LogP contribution in [0.1, 0.15) is 33.6 Å². The van der Waals surface area contributed by atoms with Gasteiger partial charge in [-0.1, -0.05) is 30.3 Å². The molecule has 0 saturated heterocycles. The number of guanidine groups is 1. The first-order valence-corrected chi connectivity index (χ1v) is 10.2. The highest BCUT2D eigenvalue weighted by Crippen LogP contribution is 2.22. The Balaban J connectivity index is 1.35. The van der Waals surface area contributed by atoms with Gasteiger partial charge < -0.3 is 15.0 Å². The van der Waals surface area contributed by atoms with Crippen LogP contribution in [0.25, 0.3) is 0 Å². The molecule has 3 rings (SSSR count). The smallest absolute Gasteiger partial charge is 0.261 e. The lowest BCUT2D eigenvalue weighted by atomic mass is 10.1. The Morgan fingerprint density at radius 3 is 2.27 bits per heavy atom. The zero-order valence-corrected chi connectivity index (χ0v) is 17.5. The molecular formula is C23H28N4O3. The summed E-state index contributed by atoms with van der Waals surface area (Å²) in [4.78, 5) is 32.4. The van der Waals surface area contributed by atoms with E-state index in [4.69, 9.17) is 4.74 Å². The summed E-state index contributed by atoms with van der Waals surface area (Å²) in [6, 6.07) is 16.7. The molecule has 30 heavy (non-hydrogen) atoms. The summed E-state index contributed by atoms with van der Waals surface area (Å²) in [7, 11) is 3.71. The molecular weight excluding hydrogens is 380 g/mol. The van der Waals surface area contributed by atoms with Crippen molar-refractivity contribution in [3.8, 4) is 5.75 Å². The molecule has 1 aliphatic rings. The molecule has 1 heterocycles. The largest absolute Gasteiger partial charge is 0.492 e. The number of fused-ring (bicyclic) bond motifs is 1. The van der Waals surface area contributed by atoms with Gasteiger partial charge in [0.15, 0.2) is 5.96 Å². The van der Waals surface area contributed by atoms with Crippen LogP contribution >= 0.6 is 0 Å². The van der Waals surface area contributed by atoms with Crippen LogP contribution in [0.3, 0.4) is 0 Å². The number of nitrogens with one attached hydrogen (secondary N) is 1. The average Bonchev–Trinajstić information content (AvgIpc) is 3.02. The van der Waals surface area contributed by atoms with Crippen LogP contribution in [0, 0.1) is 0 Å². The summed E-state index contributed by atoms with van der Waals surface area (Å²) in [5.74, 6) is 1.24. The van der Waals surface area contributed by atoms with Gasteiger partial charge in [-0.3, -0.25) is 19.5 Å². The fraction of sp³-hybridized carbons (Fsp3) is 0.348. The third kappa shape index (κ3) is 5.17. The molecule has 2 aromatic carbocycles. The van der Waals surface area contributed by atoms with Crippen molar-refractivity contribution in [2.75, 3.05) is 40.3 Å². The van der Waals surface area contributed by atoms with Crippen LogP contribution in [0.2, 0.25) is 0 Å². The molecule has 0 aromatic heterocycles. The van der Waals surface area contributed by atoms with Gasteiger partial charge in [0.1, 0.15) is 12.4 Å². The minimum atomic E-state index is -0.197. The molecule has 1 aliphatic heterocycles. The molecule has 0 fully saturated rings. The Labute approximate surface area is 177 Å². The molecule has 0 bridgehead atoms. The average molecular weight is 409 g/mol. The third-order valence-electron chi connectivity index (χ3n) is 4.98. The van der Waals surface area contributed by atoms with Gasteiger partial charge in [-0.2, -0.15) is 0 Å². The lowest BCUT2D eigenvalue weighted by Gasteiger charge is -2.22. The number of para-hydroxylation sites is 1. The summed E-state index contributed by atoms with van der Waals surface area (Å²) < 4.78 is 5.72. The molecule has 0 atom stereocenters. The van der Waals surface area contributed by atoms with Crippen molar-refractivity contribution in [2.24, 2.45) is 4.99 Å². The molecule has 0 saturated carbocycles. The molecule has 0 aliphatic carbocycles. The number of rotatable bonds is 9. The zero-order chi connectivity index (χ0) is 21.3. The predicted molar refractivity (Wildman–Crippen MR) is 117 cm³/mol. The van der Waals surface area contributed by atoms with Gasteiger partial charge in [0.05, 0.1) is 17.7 Å². The molecule has 7 nitrogen and oxygen atoms in total. The van der Waals surface area contributed by atoms with E-state index < -0.39 is 0 Å². The Morgan fingerprint density at radius 2 is 1.63 bits per heavy atom. The topological polar surface area (TPSA) is 74.2 Å². The second-order valence-electron chi connectivity index (χ2n) is 7.07. The SMILES string of the molecule is CN=C(NCCCCN1C(=O)c2ccccc2C1=O)N(C)CCOc1ccccc1. The number of carbonyl (C=O) groups excluding carboxylic acids is 2. The van der Waals surface area contributed by atoms with Crippen molar-refractivity contribution in [3.05, 3.63) is 65.7 Å². The van der Waals surface area contributed by atoms with E-state index in [0.29, 0.717) is 37.4 Å². The number of aliphatic imine (C=N–C) groups is 1. The van der Waals surface area contributed by atoms with E-state index in [0.717, 1.165) is 24.6 Å². The molecule has 1 N–H and O–H groups in total. The van der Waals surface area contributed by atoms with Gasteiger partial charge >= 0.3 is 0 Å². The van der Waals surface area contributed by atoms with Crippen LogP contribution in [-0.2, 0) is 0 Å². The van der Waals surface area contributed by atoms with E-state index >= 15 is 0 Å². The fourth-order valence-corrected chi connectivity index (χ4v) is 3.35. The number of unbranched alkanes of at least 4 members (excludes halogenated alkanes) is 1. The molecule has 2 amide bonds. The maximum atomic E-state index is 12.4. The first kappa shape index (κ1) is 21.4. The minimum absolute atomic E-state index is 0.197. The lowest BCUT2D eigenvalue weighted by molar-refractivity contribution is 0.0652. The molecule has 7 heteroatoms.